The van der Waals surface area contributed by atoms with Gasteiger partial charge in [0.1, 0.15) is 5.69 Å². The van der Waals surface area contributed by atoms with Gasteiger partial charge in [0.15, 0.2) is 17.4 Å². The Morgan fingerprint density at radius 3 is 2.51 bits per heavy atom. The van der Waals surface area contributed by atoms with E-state index in [0.29, 0.717) is 11.5 Å². The fourth-order valence-electron chi connectivity index (χ4n) is 4.09. The molecule has 2 aromatic carbocycles. The summed E-state index contributed by atoms with van der Waals surface area (Å²) in [6.07, 6.45) is -0.471. The fraction of sp³-hybridized carbons (Fsp3) is 0.320. The molecule has 0 atom stereocenters. The molecule has 1 aliphatic carbocycles. The Balaban J connectivity index is 1.52. The summed E-state index contributed by atoms with van der Waals surface area (Å²) in [6, 6.07) is 10.4. The number of benzene rings is 2. The largest absolute Gasteiger partial charge is 0.494 e. The molecule has 0 aliphatic heterocycles. The number of aromatic nitrogens is 1. The lowest BCUT2D eigenvalue weighted by Gasteiger charge is -2.16. The van der Waals surface area contributed by atoms with Crippen molar-refractivity contribution in [1.82, 2.24) is 4.57 Å². The van der Waals surface area contributed by atoms with E-state index in [4.69, 9.17) is 9.47 Å². The Bertz CT molecular complexity index is 1220. The summed E-state index contributed by atoms with van der Waals surface area (Å²) >= 11 is 0. The summed E-state index contributed by atoms with van der Waals surface area (Å²) < 4.78 is 51.3. The number of carbonyl (C=O) groups is 1. The molecule has 1 aliphatic rings. The second-order valence-electron chi connectivity index (χ2n) is 8.37. The quantitative estimate of drug-likeness (QED) is 0.404. The Hall–Kier alpha value is -3.82. The normalized spacial score (nSPS) is 14.2. The van der Waals surface area contributed by atoms with Gasteiger partial charge >= 0.3 is 6.18 Å². The van der Waals surface area contributed by atoms with Gasteiger partial charge in [-0.15, -0.1) is 0 Å². The zero-order valence-electron chi connectivity index (χ0n) is 18.9. The highest BCUT2D eigenvalue weighted by molar-refractivity contribution is 6.05. The number of rotatable bonds is 7. The Morgan fingerprint density at radius 1 is 1.09 bits per heavy atom. The molecule has 3 N–H and O–H groups in total. The van der Waals surface area contributed by atoms with Crippen LogP contribution >= 0.6 is 0 Å². The van der Waals surface area contributed by atoms with Crippen molar-refractivity contribution in [1.29, 1.82) is 0 Å². The number of amides is 1. The number of methoxy groups -OCH3 is 1. The lowest BCUT2D eigenvalue weighted by atomic mass is 10.1. The van der Waals surface area contributed by atoms with Crippen LogP contribution in [0.15, 0.2) is 48.5 Å². The van der Waals surface area contributed by atoms with Crippen molar-refractivity contribution < 1.29 is 37.7 Å². The number of alkyl halides is 3. The van der Waals surface area contributed by atoms with E-state index in [1.54, 1.807) is 12.1 Å². The predicted octanol–water partition coefficient (Wildman–Crippen LogP) is 5.55. The molecule has 1 fully saturated rings. The van der Waals surface area contributed by atoms with Crippen molar-refractivity contribution in [3.63, 3.8) is 0 Å². The van der Waals surface area contributed by atoms with Crippen LogP contribution in [0.1, 0.15) is 47.2 Å². The number of nitrogens with zero attached hydrogens (tertiary/aromatic N) is 1. The minimum Gasteiger partial charge on any atom is -0.494 e. The minimum absolute atomic E-state index is 0.0492. The summed E-state index contributed by atoms with van der Waals surface area (Å²) in [4.78, 5) is 12.9. The van der Waals surface area contributed by atoms with Gasteiger partial charge in [-0.2, -0.15) is 13.2 Å². The second kappa shape index (κ2) is 9.81. The molecule has 0 saturated heterocycles. The summed E-state index contributed by atoms with van der Waals surface area (Å²) in [5.74, 6) is -0.572. The van der Waals surface area contributed by atoms with E-state index in [1.807, 2.05) is 0 Å². The molecule has 10 heteroatoms. The van der Waals surface area contributed by atoms with Gasteiger partial charge in [0.25, 0.3) is 5.91 Å². The number of anilines is 1. The Morgan fingerprint density at radius 2 is 1.83 bits per heavy atom. The summed E-state index contributed by atoms with van der Waals surface area (Å²) in [6.45, 7) is -0.237. The van der Waals surface area contributed by atoms with E-state index >= 15 is 0 Å². The number of hydrogen-bond acceptors (Lipinski definition) is 5. The van der Waals surface area contributed by atoms with Gasteiger partial charge in [0.05, 0.1) is 25.3 Å². The van der Waals surface area contributed by atoms with E-state index < -0.39 is 29.4 Å². The highest BCUT2D eigenvalue weighted by Gasteiger charge is 2.30. The molecule has 0 radical (unpaired) electrons. The predicted molar refractivity (Wildman–Crippen MR) is 122 cm³/mol. The van der Waals surface area contributed by atoms with Gasteiger partial charge in [-0.3, -0.25) is 9.36 Å². The van der Waals surface area contributed by atoms with Crippen molar-refractivity contribution in [2.24, 2.45) is 0 Å². The van der Waals surface area contributed by atoms with E-state index in [9.17, 15) is 28.2 Å². The molecule has 0 unspecified atom stereocenters. The topological polar surface area (TPSA) is 93.0 Å². The maximum absolute atomic E-state index is 13.0. The zero-order chi connectivity index (χ0) is 25.2. The monoisotopic (exact) mass is 490 g/mol. The van der Waals surface area contributed by atoms with Crippen LogP contribution in [0.2, 0.25) is 0 Å². The Kier molecular flexibility index (Phi) is 6.81. The maximum Gasteiger partial charge on any atom is 0.416 e. The lowest BCUT2D eigenvalue weighted by Crippen LogP contribution is -2.14. The van der Waals surface area contributed by atoms with Gasteiger partial charge in [0.2, 0.25) is 5.88 Å². The molecular formula is C25H25F3N2O5. The van der Waals surface area contributed by atoms with E-state index in [2.05, 4.69) is 5.32 Å². The molecular weight excluding hydrogens is 465 g/mol. The first-order valence-electron chi connectivity index (χ1n) is 11.1. The number of ether oxygens (including phenoxy) is 2. The molecule has 1 aromatic heterocycles. The number of nitrogens with one attached hydrogen (secondary N) is 1. The third-order valence-corrected chi connectivity index (χ3v) is 5.91. The average molecular weight is 490 g/mol. The lowest BCUT2D eigenvalue weighted by molar-refractivity contribution is -0.137. The third kappa shape index (κ3) is 5.47. The molecule has 0 spiro atoms. The third-order valence-electron chi connectivity index (χ3n) is 5.91. The van der Waals surface area contributed by atoms with E-state index in [0.717, 1.165) is 48.4 Å². The molecule has 0 bridgehead atoms. The molecule has 7 nitrogen and oxygen atoms in total. The van der Waals surface area contributed by atoms with Crippen molar-refractivity contribution in [3.05, 3.63) is 65.2 Å². The van der Waals surface area contributed by atoms with Gasteiger partial charge < -0.3 is 25.0 Å². The first-order valence-corrected chi connectivity index (χ1v) is 11.1. The van der Waals surface area contributed by atoms with Crippen LogP contribution in [0, 0.1) is 0 Å². The average Bonchev–Trinajstić information content (AvgIpc) is 3.42. The first-order chi connectivity index (χ1) is 16.7. The SMILES string of the molecule is COc1ccc(C(=O)Nc2cc(O)n(Cc3cccc(C(F)(F)F)c3)c2O)cc1OC1CCCC1. The van der Waals surface area contributed by atoms with Crippen molar-refractivity contribution in [2.75, 3.05) is 12.4 Å². The standard InChI is InChI=1S/C25H25F3N2O5/c1-34-20-10-9-16(12-21(20)35-18-7-2-3-8-18)23(32)29-19-13-22(31)30(24(19)33)14-15-5-4-6-17(11-15)25(26,27)28/h4-6,9-13,18,31,33H,2-3,7-8,14H2,1H3,(H,29,32). The molecule has 1 heterocycles. The smallest absolute Gasteiger partial charge is 0.416 e. The van der Waals surface area contributed by atoms with Crippen molar-refractivity contribution in [2.45, 2.75) is 44.5 Å². The number of carbonyl (C=O) groups excluding carboxylic acids is 1. The van der Waals surface area contributed by atoms with Crippen molar-refractivity contribution >= 4 is 11.6 Å². The van der Waals surface area contributed by atoms with Gasteiger partial charge in [0, 0.05) is 11.6 Å². The minimum atomic E-state index is -4.52. The van der Waals surface area contributed by atoms with Crippen LogP contribution in [0.5, 0.6) is 23.3 Å². The molecule has 1 amide bonds. The first kappa shape index (κ1) is 24.3. The van der Waals surface area contributed by atoms with E-state index in [1.165, 1.54) is 25.3 Å². The van der Waals surface area contributed by atoms with Crippen LogP contribution < -0.4 is 14.8 Å². The molecule has 186 valence electrons. The van der Waals surface area contributed by atoms with Gasteiger partial charge in [-0.1, -0.05) is 12.1 Å². The van der Waals surface area contributed by atoms with Crippen LogP contribution in [0.4, 0.5) is 18.9 Å². The molecule has 4 rings (SSSR count). The van der Waals surface area contributed by atoms with Gasteiger partial charge in [-0.05, 0) is 61.6 Å². The van der Waals surface area contributed by atoms with Crippen LogP contribution in [0.3, 0.4) is 0 Å². The van der Waals surface area contributed by atoms with Crippen LogP contribution in [-0.4, -0.2) is 33.9 Å². The highest BCUT2D eigenvalue weighted by atomic mass is 19.4. The summed E-state index contributed by atoms with van der Waals surface area (Å²) in [5, 5.41) is 23.3. The molecule has 35 heavy (non-hydrogen) atoms. The van der Waals surface area contributed by atoms with E-state index in [-0.39, 0.29) is 29.5 Å². The zero-order valence-corrected chi connectivity index (χ0v) is 18.9. The highest BCUT2D eigenvalue weighted by Crippen LogP contribution is 2.36. The fourth-order valence-corrected chi connectivity index (χ4v) is 4.09. The second-order valence-corrected chi connectivity index (χ2v) is 8.37. The number of hydrogen-bond donors (Lipinski definition) is 3. The van der Waals surface area contributed by atoms with Crippen molar-refractivity contribution in [3.8, 4) is 23.3 Å². The maximum atomic E-state index is 13.0. The molecule has 1 saturated carbocycles. The molecule has 3 aromatic rings. The Labute approximate surface area is 199 Å². The summed E-state index contributed by atoms with van der Waals surface area (Å²) in [5.41, 5.74) is -0.482. The van der Waals surface area contributed by atoms with Crippen LogP contribution in [-0.2, 0) is 12.7 Å². The summed E-state index contributed by atoms with van der Waals surface area (Å²) in [7, 11) is 1.50. The van der Waals surface area contributed by atoms with Crippen LogP contribution in [0.25, 0.3) is 0 Å². The number of aromatic hydroxyl groups is 2. The van der Waals surface area contributed by atoms with Gasteiger partial charge in [-0.25, -0.2) is 0 Å². The number of halogens is 3.